The van der Waals surface area contributed by atoms with Gasteiger partial charge in [-0.2, -0.15) is 0 Å². The minimum atomic E-state index is -0.0416. The largest absolute Gasteiger partial charge is 0.466 e. The molecule has 2 heteroatoms. The van der Waals surface area contributed by atoms with Crippen molar-refractivity contribution < 1.29 is 9.53 Å². The molecule has 140 valence electrons. The summed E-state index contributed by atoms with van der Waals surface area (Å²) >= 11 is 0. The van der Waals surface area contributed by atoms with Crippen LogP contribution >= 0.6 is 0 Å². The number of esters is 1. The zero-order valence-electron chi connectivity index (χ0n) is 16.2. The van der Waals surface area contributed by atoms with Crippen LogP contribution < -0.4 is 0 Å². The van der Waals surface area contributed by atoms with Gasteiger partial charge in [0.1, 0.15) is 0 Å². The standard InChI is InChI=1S/C22H40O2/c1-3-5-6-7-8-9-10-11-12-13-14-15-16-17-18-19-20-21-22(23)24-4-2/h8-9,11-12H,3-7,10,13-21H2,1-2H3. The van der Waals surface area contributed by atoms with E-state index in [0.717, 1.165) is 19.3 Å². The number of hydrogen-bond acceptors (Lipinski definition) is 2. The van der Waals surface area contributed by atoms with Gasteiger partial charge in [0.2, 0.25) is 0 Å². The third-order valence-corrected chi connectivity index (χ3v) is 4.14. The second kappa shape index (κ2) is 20.0. The zero-order chi connectivity index (χ0) is 17.7. The SMILES string of the molecule is CCCCCC=CCC=CCCCCCCCCCC(=O)OCC. The lowest BCUT2D eigenvalue weighted by Crippen LogP contribution is -2.03. The third-order valence-electron chi connectivity index (χ3n) is 4.14. The van der Waals surface area contributed by atoms with Crippen molar-refractivity contribution >= 4 is 5.97 Å². The van der Waals surface area contributed by atoms with Crippen LogP contribution in [-0.4, -0.2) is 12.6 Å². The Balaban J connectivity index is 3.19. The molecule has 24 heavy (non-hydrogen) atoms. The summed E-state index contributed by atoms with van der Waals surface area (Å²) in [5.74, 6) is -0.0416. The highest BCUT2D eigenvalue weighted by molar-refractivity contribution is 5.69. The van der Waals surface area contributed by atoms with Crippen LogP contribution in [0, 0.1) is 0 Å². The van der Waals surface area contributed by atoms with Gasteiger partial charge >= 0.3 is 5.97 Å². The molecule has 0 fully saturated rings. The van der Waals surface area contributed by atoms with Crippen molar-refractivity contribution in [3.05, 3.63) is 24.3 Å². The van der Waals surface area contributed by atoms with Gasteiger partial charge in [0.15, 0.2) is 0 Å². The smallest absolute Gasteiger partial charge is 0.305 e. The molecule has 0 heterocycles. The van der Waals surface area contributed by atoms with E-state index in [2.05, 4.69) is 31.2 Å². The molecule has 0 saturated carbocycles. The Labute approximate surface area is 150 Å². The van der Waals surface area contributed by atoms with E-state index in [9.17, 15) is 4.79 Å². The number of carbonyl (C=O) groups is 1. The Hall–Kier alpha value is -1.05. The first-order valence-electron chi connectivity index (χ1n) is 10.3. The van der Waals surface area contributed by atoms with E-state index in [0.29, 0.717) is 13.0 Å². The monoisotopic (exact) mass is 336 g/mol. The van der Waals surface area contributed by atoms with Crippen LogP contribution in [0.3, 0.4) is 0 Å². The molecule has 0 aromatic rings. The van der Waals surface area contributed by atoms with E-state index in [4.69, 9.17) is 4.74 Å². The van der Waals surface area contributed by atoms with Crippen LogP contribution in [0.5, 0.6) is 0 Å². The van der Waals surface area contributed by atoms with E-state index < -0.39 is 0 Å². The second-order valence-corrected chi connectivity index (χ2v) is 6.49. The van der Waals surface area contributed by atoms with Crippen molar-refractivity contribution in [3.8, 4) is 0 Å². The quantitative estimate of drug-likeness (QED) is 0.160. The first-order chi connectivity index (χ1) is 11.8. The first kappa shape index (κ1) is 22.9. The molecule has 0 rings (SSSR count). The van der Waals surface area contributed by atoms with Crippen LogP contribution in [0.25, 0.3) is 0 Å². The van der Waals surface area contributed by atoms with Gasteiger partial charge in [-0.15, -0.1) is 0 Å². The highest BCUT2D eigenvalue weighted by Crippen LogP contribution is 2.10. The van der Waals surface area contributed by atoms with Crippen molar-refractivity contribution in [1.29, 1.82) is 0 Å². The summed E-state index contributed by atoms with van der Waals surface area (Å²) in [6, 6.07) is 0. The third kappa shape index (κ3) is 19.0. The highest BCUT2D eigenvalue weighted by atomic mass is 16.5. The molecular formula is C22H40O2. The molecule has 0 aliphatic rings. The van der Waals surface area contributed by atoms with Gasteiger partial charge in [0, 0.05) is 6.42 Å². The van der Waals surface area contributed by atoms with Crippen LogP contribution in [0.2, 0.25) is 0 Å². The lowest BCUT2D eigenvalue weighted by Gasteiger charge is -2.02. The van der Waals surface area contributed by atoms with Gasteiger partial charge in [0.05, 0.1) is 6.61 Å². The maximum atomic E-state index is 11.2. The number of rotatable bonds is 17. The Morgan fingerprint density at radius 3 is 1.83 bits per heavy atom. The van der Waals surface area contributed by atoms with Crippen LogP contribution in [0.1, 0.15) is 104 Å². The summed E-state index contributed by atoms with van der Waals surface area (Å²) in [6.45, 7) is 4.61. The minimum Gasteiger partial charge on any atom is -0.466 e. The summed E-state index contributed by atoms with van der Waals surface area (Å²) in [7, 11) is 0. The Morgan fingerprint density at radius 2 is 1.25 bits per heavy atom. The first-order valence-corrected chi connectivity index (χ1v) is 10.3. The fraction of sp³-hybridized carbons (Fsp3) is 0.773. The summed E-state index contributed by atoms with van der Waals surface area (Å²) in [5, 5.41) is 0. The van der Waals surface area contributed by atoms with E-state index in [1.807, 2.05) is 6.92 Å². The fourth-order valence-electron chi connectivity index (χ4n) is 2.67. The highest BCUT2D eigenvalue weighted by Gasteiger charge is 2.00. The van der Waals surface area contributed by atoms with Gasteiger partial charge in [-0.05, 0) is 45.4 Å². The number of carbonyl (C=O) groups excluding carboxylic acids is 1. The van der Waals surface area contributed by atoms with E-state index in [-0.39, 0.29) is 5.97 Å². The van der Waals surface area contributed by atoms with Crippen molar-refractivity contribution in [3.63, 3.8) is 0 Å². The maximum absolute atomic E-state index is 11.2. The normalized spacial score (nSPS) is 11.6. The van der Waals surface area contributed by atoms with Crippen molar-refractivity contribution in [2.75, 3.05) is 6.61 Å². The van der Waals surface area contributed by atoms with Crippen LogP contribution in [0.15, 0.2) is 24.3 Å². The summed E-state index contributed by atoms with van der Waals surface area (Å²) in [4.78, 5) is 11.2. The van der Waals surface area contributed by atoms with E-state index in [1.54, 1.807) is 0 Å². The number of hydrogen-bond donors (Lipinski definition) is 0. The molecule has 0 saturated heterocycles. The molecule has 0 aliphatic heterocycles. The molecule has 0 spiro atoms. The fourth-order valence-corrected chi connectivity index (χ4v) is 2.67. The molecule has 0 aromatic carbocycles. The molecule has 0 aromatic heterocycles. The van der Waals surface area contributed by atoms with Gasteiger partial charge in [0.25, 0.3) is 0 Å². The molecule has 0 unspecified atom stereocenters. The lowest BCUT2D eigenvalue weighted by atomic mass is 10.1. The topological polar surface area (TPSA) is 26.3 Å². The molecule has 0 N–H and O–H groups in total. The van der Waals surface area contributed by atoms with Gasteiger partial charge in [-0.25, -0.2) is 0 Å². The average molecular weight is 337 g/mol. The maximum Gasteiger partial charge on any atom is 0.305 e. The van der Waals surface area contributed by atoms with Crippen LogP contribution in [0.4, 0.5) is 0 Å². The Bertz CT molecular complexity index is 318. The van der Waals surface area contributed by atoms with Gasteiger partial charge in [-0.3, -0.25) is 4.79 Å². The van der Waals surface area contributed by atoms with Gasteiger partial charge in [-0.1, -0.05) is 76.2 Å². The van der Waals surface area contributed by atoms with Crippen molar-refractivity contribution in [1.82, 2.24) is 0 Å². The Morgan fingerprint density at radius 1 is 0.708 bits per heavy atom. The summed E-state index contributed by atoms with van der Waals surface area (Å²) < 4.78 is 4.92. The average Bonchev–Trinajstić information content (AvgIpc) is 2.58. The number of ether oxygens (including phenoxy) is 1. The lowest BCUT2D eigenvalue weighted by molar-refractivity contribution is -0.143. The van der Waals surface area contributed by atoms with Crippen LogP contribution in [-0.2, 0) is 9.53 Å². The molecule has 2 nitrogen and oxygen atoms in total. The Kier molecular flexibility index (Phi) is 19.1. The van der Waals surface area contributed by atoms with Crippen molar-refractivity contribution in [2.45, 2.75) is 104 Å². The molecule has 0 amide bonds. The molecule has 0 radical (unpaired) electrons. The summed E-state index contributed by atoms with van der Waals surface area (Å²) in [5.41, 5.74) is 0. The molecule has 0 bridgehead atoms. The minimum absolute atomic E-state index is 0.0416. The van der Waals surface area contributed by atoms with Crippen molar-refractivity contribution in [2.24, 2.45) is 0 Å². The summed E-state index contributed by atoms with van der Waals surface area (Å²) in [6.07, 6.45) is 26.0. The molecule has 0 atom stereocenters. The van der Waals surface area contributed by atoms with E-state index >= 15 is 0 Å². The number of allylic oxidation sites excluding steroid dienone is 4. The molecular weight excluding hydrogens is 296 g/mol. The van der Waals surface area contributed by atoms with E-state index in [1.165, 1.54) is 64.2 Å². The van der Waals surface area contributed by atoms with Gasteiger partial charge < -0.3 is 4.74 Å². The predicted molar refractivity (Wildman–Crippen MR) is 105 cm³/mol. The predicted octanol–water partition coefficient (Wildman–Crippen LogP) is 7.14. The number of unbranched alkanes of at least 4 members (excludes halogenated alkanes) is 10. The zero-order valence-corrected chi connectivity index (χ0v) is 16.2. The molecule has 0 aliphatic carbocycles. The second-order valence-electron chi connectivity index (χ2n) is 6.49.